The molecule has 1 aromatic rings. The Kier molecular flexibility index (Phi) is 9.30. The van der Waals surface area contributed by atoms with E-state index >= 15 is 0 Å². The zero-order valence-corrected chi connectivity index (χ0v) is 19.8. The van der Waals surface area contributed by atoms with Crippen LogP contribution in [0.3, 0.4) is 0 Å². The number of aryl methyl sites for hydroxylation is 1. The summed E-state index contributed by atoms with van der Waals surface area (Å²) in [6, 6.07) is 6.29. The van der Waals surface area contributed by atoms with Gasteiger partial charge in [0.2, 0.25) is 0 Å². The fourth-order valence-electron chi connectivity index (χ4n) is 4.19. The van der Waals surface area contributed by atoms with Gasteiger partial charge in [0.05, 0.1) is 7.11 Å². The van der Waals surface area contributed by atoms with E-state index < -0.39 is 0 Å². The Morgan fingerprint density at radius 1 is 1.21 bits per heavy atom. The summed E-state index contributed by atoms with van der Waals surface area (Å²) in [4.78, 5) is 7.09. The van der Waals surface area contributed by atoms with Gasteiger partial charge < -0.3 is 20.1 Å². The number of halogens is 1. The maximum atomic E-state index is 5.64. The summed E-state index contributed by atoms with van der Waals surface area (Å²) in [5.74, 6) is 1.75. The lowest BCUT2D eigenvalue weighted by atomic mass is 9.88. The molecule has 0 aromatic heterocycles. The number of hydrogen-bond acceptors (Lipinski definition) is 4. The summed E-state index contributed by atoms with van der Waals surface area (Å²) >= 11 is 0. The van der Waals surface area contributed by atoms with Gasteiger partial charge in [-0.3, -0.25) is 9.89 Å². The lowest BCUT2D eigenvalue weighted by molar-refractivity contribution is -0.0164. The van der Waals surface area contributed by atoms with Crippen LogP contribution in [-0.2, 0) is 11.3 Å². The fraction of sp³-hybridized carbons (Fsp3) is 0.667. The summed E-state index contributed by atoms with van der Waals surface area (Å²) in [5.41, 5.74) is 2.52. The third kappa shape index (κ3) is 5.73. The van der Waals surface area contributed by atoms with Crippen molar-refractivity contribution in [3.05, 3.63) is 29.3 Å². The van der Waals surface area contributed by atoms with Crippen molar-refractivity contribution in [3.63, 3.8) is 0 Å². The van der Waals surface area contributed by atoms with E-state index in [4.69, 9.17) is 9.47 Å². The number of nitrogens with one attached hydrogen (secondary N) is 2. The number of hydrogen-bond donors (Lipinski definition) is 2. The van der Waals surface area contributed by atoms with Crippen LogP contribution in [0.5, 0.6) is 5.75 Å². The van der Waals surface area contributed by atoms with Crippen molar-refractivity contribution < 1.29 is 9.47 Å². The first-order chi connectivity index (χ1) is 13.2. The SMILES string of the molecule is CN=C(NCc1ccc(C)cc1OC)NCC1(N2CCCC2)CCOCC1.I. The molecule has 2 saturated heterocycles. The topological polar surface area (TPSA) is 58.1 Å². The minimum absolute atomic E-state index is 0. The van der Waals surface area contributed by atoms with E-state index in [9.17, 15) is 0 Å². The summed E-state index contributed by atoms with van der Waals surface area (Å²) in [7, 11) is 3.55. The summed E-state index contributed by atoms with van der Waals surface area (Å²) < 4.78 is 11.2. The molecular formula is C21H35IN4O2. The molecule has 0 radical (unpaired) electrons. The van der Waals surface area contributed by atoms with Gasteiger partial charge in [-0.25, -0.2) is 0 Å². The molecule has 2 aliphatic rings. The summed E-state index contributed by atoms with van der Waals surface area (Å²) in [6.45, 7) is 7.77. The van der Waals surface area contributed by atoms with Crippen molar-refractivity contribution in [3.8, 4) is 5.75 Å². The van der Waals surface area contributed by atoms with Gasteiger partial charge in [-0.2, -0.15) is 0 Å². The number of guanidine groups is 1. The molecule has 6 nitrogen and oxygen atoms in total. The van der Waals surface area contributed by atoms with Crippen LogP contribution in [0, 0.1) is 6.92 Å². The molecule has 0 amide bonds. The lowest BCUT2D eigenvalue weighted by Crippen LogP contribution is -2.58. The molecular weight excluding hydrogens is 467 g/mol. The molecule has 158 valence electrons. The average molecular weight is 502 g/mol. The lowest BCUT2D eigenvalue weighted by Gasteiger charge is -2.45. The Morgan fingerprint density at radius 2 is 1.93 bits per heavy atom. The fourth-order valence-corrected chi connectivity index (χ4v) is 4.19. The van der Waals surface area contributed by atoms with E-state index in [1.165, 1.54) is 31.5 Å². The van der Waals surface area contributed by atoms with Crippen LogP contribution in [0.2, 0.25) is 0 Å². The molecule has 7 heteroatoms. The zero-order chi connectivity index (χ0) is 19.1. The van der Waals surface area contributed by atoms with Gasteiger partial charge in [0.1, 0.15) is 5.75 Å². The Balaban J connectivity index is 0.00000280. The quantitative estimate of drug-likeness (QED) is 0.356. The van der Waals surface area contributed by atoms with Crippen LogP contribution in [-0.4, -0.2) is 63.4 Å². The average Bonchev–Trinajstić information content (AvgIpc) is 3.25. The van der Waals surface area contributed by atoms with Crippen molar-refractivity contribution in [1.82, 2.24) is 15.5 Å². The van der Waals surface area contributed by atoms with Crippen LogP contribution < -0.4 is 15.4 Å². The number of rotatable bonds is 6. The molecule has 0 aliphatic carbocycles. The van der Waals surface area contributed by atoms with Crippen molar-refractivity contribution >= 4 is 29.9 Å². The van der Waals surface area contributed by atoms with Crippen LogP contribution in [0.1, 0.15) is 36.8 Å². The van der Waals surface area contributed by atoms with E-state index in [2.05, 4.69) is 45.6 Å². The van der Waals surface area contributed by atoms with Gasteiger partial charge in [0, 0.05) is 44.5 Å². The highest BCUT2D eigenvalue weighted by Crippen LogP contribution is 2.30. The van der Waals surface area contributed by atoms with Gasteiger partial charge in [0.15, 0.2) is 5.96 Å². The third-order valence-electron chi connectivity index (χ3n) is 5.90. The monoisotopic (exact) mass is 502 g/mol. The first kappa shape index (κ1) is 23.2. The Morgan fingerprint density at radius 3 is 2.57 bits per heavy atom. The van der Waals surface area contributed by atoms with Gasteiger partial charge in [0.25, 0.3) is 0 Å². The Hall–Kier alpha value is -1.06. The van der Waals surface area contributed by atoms with Gasteiger partial charge in [-0.05, 0) is 57.3 Å². The van der Waals surface area contributed by atoms with Gasteiger partial charge >= 0.3 is 0 Å². The number of likely N-dealkylation sites (tertiary alicyclic amines) is 1. The molecule has 2 aliphatic heterocycles. The van der Waals surface area contributed by atoms with E-state index in [-0.39, 0.29) is 29.5 Å². The van der Waals surface area contributed by atoms with Gasteiger partial charge in [-0.15, -0.1) is 24.0 Å². The number of aliphatic imine (C=N–C) groups is 1. The maximum absolute atomic E-state index is 5.64. The first-order valence-electron chi connectivity index (χ1n) is 10.1. The molecule has 0 saturated carbocycles. The predicted molar refractivity (Wildman–Crippen MR) is 125 cm³/mol. The second-order valence-corrected chi connectivity index (χ2v) is 7.63. The summed E-state index contributed by atoms with van der Waals surface area (Å²) in [6.07, 6.45) is 4.79. The van der Waals surface area contributed by atoms with Crippen molar-refractivity contribution in [2.45, 2.75) is 44.7 Å². The molecule has 2 N–H and O–H groups in total. The molecule has 0 atom stereocenters. The minimum Gasteiger partial charge on any atom is -0.496 e. The molecule has 2 fully saturated rings. The van der Waals surface area contributed by atoms with Crippen LogP contribution in [0.4, 0.5) is 0 Å². The number of nitrogens with zero attached hydrogens (tertiary/aromatic N) is 2. The predicted octanol–water partition coefficient (Wildman–Crippen LogP) is 2.93. The number of ether oxygens (including phenoxy) is 2. The third-order valence-corrected chi connectivity index (χ3v) is 5.90. The molecule has 28 heavy (non-hydrogen) atoms. The number of benzene rings is 1. The van der Waals surface area contributed by atoms with Crippen molar-refractivity contribution in [1.29, 1.82) is 0 Å². The highest BCUT2D eigenvalue weighted by atomic mass is 127. The molecule has 0 spiro atoms. The molecule has 1 aromatic carbocycles. The molecule has 0 unspecified atom stereocenters. The second kappa shape index (κ2) is 11.2. The van der Waals surface area contributed by atoms with Crippen molar-refractivity contribution in [2.75, 3.05) is 47.0 Å². The highest BCUT2D eigenvalue weighted by molar-refractivity contribution is 14.0. The Labute approximate surface area is 186 Å². The van der Waals surface area contributed by atoms with Crippen LogP contribution in [0.15, 0.2) is 23.2 Å². The van der Waals surface area contributed by atoms with E-state index in [1.54, 1.807) is 7.11 Å². The van der Waals surface area contributed by atoms with Crippen molar-refractivity contribution in [2.24, 2.45) is 4.99 Å². The number of methoxy groups -OCH3 is 1. The summed E-state index contributed by atoms with van der Waals surface area (Å²) in [5, 5.41) is 7.01. The largest absolute Gasteiger partial charge is 0.496 e. The van der Waals surface area contributed by atoms with Crippen LogP contribution >= 0.6 is 24.0 Å². The highest BCUT2D eigenvalue weighted by Gasteiger charge is 2.39. The maximum Gasteiger partial charge on any atom is 0.191 e. The normalized spacial score (nSPS) is 19.8. The Bertz CT molecular complexity index is 641. The minimum atomic E-state index is 0. The van der Waals surface area contributed by atoms with E-state index in [0.29, 0.717) is 6.54 Å². The first-order valence-corrected chi connectivity index (χ1v) is 10.1. The second-order valence-electron chi connectivity index (χ2n) is 7.63. The molecule has 3 rings (SSSR count). The molecule has 0 bridgehead atoms. The van der Waals surface area contributed by atoms with Crippen LogP contribution in [0.25, 0.3) is 0 Å². The molecule has 2 heterocycles. The van der Waals surface area contributed by atoms with E-state index in [1.807, 2.05) is 7.05 Å². The zero-order valence-electron chi connectivity index (χ0n) is 17.4. The smallest absolute Gasteiger partial charge is 0.191 e. The van der Waals surface area contributed by atoms with E-state index in [0.717, 1.165) is 49.9 Å². The standard InChI is InChI=1S/C21H34N4O2.HI/c1-17-6-7-18(19(14-17)26-3)15-23-20(22-2)24-16-21(8-12-27-13-9-21)25-10-4-5-11-25;/h6-7,14H,4-5,8-13,15-16H2,1-3H3,(H2,22,23,24);1H. The van der Waals surface area contributed by atoms with Gasteiger partial charge in [-0.1, -0.05) is 12.1 Å².